The van der Waals surface area contributed by atoms with Crippen LogP contribution in [-0.4, -0.2) is 12.7 Å². The van der Waals surface area contributed by atoms with Crippen LogP contribution >= 0.6 is 0 Å². The van der Waals surface area contributed by atoms with E-state index in [0.717, 1.165) is 18.8 Å². The molecule has 0 aliphatic carbocycles. The molecule has 0 aromatic heterocycles. The van der Waals surface area contributed by atoms with Crippen molar-refractivity contribution in [2.24, 2.45) is 4.99 Å². The number of unbranched alkanes of at least 4 members (excludes halogenated alkanes) is 4. The average Bonchev–Trinajstić information content (AvgIpc) is 2.35. The second-order valence-electron chi connectivity index (χ2n) is 3.96. The Morgan fingerprint density at radius 1 is 1.24 bits per heavy atom. The molecule has 1 aromatic rings. The molecule has 0 saturated heterocycles. The van der Waals surface area contributed by atoms with Gasteiger partial charge in [0.05, 0.1) is 12.3 Å². The molecule has 0 saturated carbocycles. The van der Waals surface area contributed by atoms with Crippen LogP contribution in [0.5, 0.6) is 5.75 Å². The Morgan fingerprint density at radius 3 is 2.82 bits per heavy atom. The van der Waals surface area contributed by atoms with Crippen molar-refractivity contribution in [1.29, 1.82) is 0 Å². The number of aliphatic imine (C=N–C) groups is 1. The summed E-state index contributed by atoms with van der Waals surface area (Å²) in [5, 5.41) is 0. The summed E-state index contributed by atoms with van der Waals surface area (Å²) in [7, 11) is 0. The fraction of sp³-hybridized carbons (Fsp3) is 0.500. The smallest absolute Gasteiger partial charge is 0.240 e. The summed E-state index contributed by atoms with van der Waals surface area (Å²) in [5.41, 5.74) is 0.587. The van der Waals surface area contributed by atoms with E-state index in [9.17, 15) is 4.79 Å². The van der Waals surface area contributed by atoms with Crippen molar-refractivity contribution in [2.45, 2.75) is 39.0 Å². The Balaban J connectivity index is 2.26. The minimum absolute atomic E-state index is 0.587. The number of carbonyl (C=O) groups excluding carboxylic acids is 1. The van der Waals surface area contributed by atoms with Crippen LogP contribution in [0.15, 0.2) is 29.3 Å². The van der Waals surface area contributed by atoms with Gasteiger partial charge in [0.15, 0.2) is 0 Å². The van der Waals surface area contributed by atoms with E-state index >= 15 is 0 Å². The average molecular weight is 233 g/mol. The van der Waals surface area contributed by atoms with Gasteiger partial charge in [-0.25, -0.2) is 4.79 Å². The monoisotopic (exact) mass is 233 g/mol. The predicted molar refractivity (Wildman–Crippen MR) is 68.5 cm³/mol. The molecule has 0 aliphatic rings. The van der Waals surface area contributed by atoms with Gasteiger partial charge in [0.25, 0.3) is 0 Å². The van der Waals surface area contributed by atoms with Crippen molar-refractivity contribution in [3.63, 3.8) is 0 Å². The molecule has 0 heterocycles. The van der Waals surface area contributed by atoms with E-state index in [4.69, 9.17) is 4.74 Å². The summed E-state index contributed by atoms with van der Waals surface area (Å²) in [6.45, 7) is 2.92. The van der Waals surface area contributed by atoms with Crippen molar-refractivity contribution >= 4 is 11.8 Å². The molecule has 0 bridgehead atoms. The molecule has 92 valence electrons. The third kappa shape index (κ3) is 5.88. The first-order chi connectivity index (χ1) is 8.36. The third-order valence-corrected chi connectivity index (χ3v) is 2.51. The van der Waals surface area contributed by atoms with E-state index in [2.05, 4.69) is 11.9 Å². The molecule has 0 amide bonds. The first-order valence-electron chi connectivity index (χ1n) is 6.17. The molecule has 1 aromatic carbocycles. The summed E-state index contributed by atoms with van der Waals surface area (Å²) < 4.78 is 5.58. The van der Waals surface area contributed by atoms with Gasteiger partial charge in [0, 0.05) is 6.07 Å². The Labute approximate surface area is 103 Å². The molecule has 3 heteroatoms. The third-order valence-electron chi connectivity index (χ3n) is 2.51. The zero-order valence-electron chi connectivity index (χ0n) is 10.3. The molecule has 0 fully saturated rings. The molecule has 0 aliphatic heterocycles. The van der Waals surface area contributed by atoms with Gasteiger partial charge in [0.1, 0.15) is 5.75 Å². The van der Waals surface area contributed by atoms with Gasteiger partial charge in [-0.05, 0) is 18.6 Å². The van der Waals surface area contributed by atoms with E-state index in [-0.39, 0.29) is 0 Å². The normalized spacial score (nSPS) is 9.71. The molecule has 0 atom stereocenters. The Morgan fingerprint density at radius 2 is 2.06 bits per heavy atom. The topological polar surface area (TPSA) is 38.7 Å². The van der Waals surface area contributed by atoms with E-state index < -0.39 is 0 Å². The van der Waals surface area contributed by atoms with Crippen LogP contribution in [0.25, 0.3) is 0 Å². The lowest BCUT2D eigenvalue weighted by atomic mass is 10.2. The van der Waals surface area contributed by atoms with Gasteiger partial charge < -0.3 is 4.74 Å². The second kappa shape index (κ2) is 8.54. The maximum atomic E-state index is 10.1. The number of nitrogens with zero attached hydrogens (tertiary/aromatic N) is 1. The summed E-state index contributed by atoms with van der Waals surface area (Å²) in [5.74, 6) is 0.761. The summed E-state index contributed by atoms with van der Waals surface area (Å²) in [6.07, 6.45) is 7.62. The lowest BCUT2D eigenvalue weighted by molar-refractivity contribution is 0.304. The highest BCUT2D eigenvalue weighted by Crippen LogP contribution is 2.19. The number of isocyanates is 1. The van der Waals surface area contributed by atoms with Crippen molar-refractivity contribution in [2.75, 3.05) is 6.61 Å². The molecule has 0 unspecified atom stereocenters. The highest BCUT2D eigenvalue weighted by atomic mass is 16.5. The molecular formula is C14H19NO2. The number of rotatable bonds is 8. The van der Waals surface area contributed by atoms with Gasteiger partial charge in [-0.3, -0.25) is 0 Å². The summed E-state index contributed by atoms with van der Waals surface area (Å²) >= 11 is 0. The maximum Gasteiger partial charge on any atom is 0.240 e. The van der Waals surface area contributed by atoms with E-state index in [1.165, 1.54) is 31.8 Å². The molecule has 17 heavy (non-hydrogen) atoms. The standard InChI is InChI=1S/C14H19NO2/c1-2-3-4-5-6-10-17-14-9-7-8-13(11-14)15-12-16/h7-9,11H,2-6,10H2,1H3. The quantitative estimate of drug-likeness (QED) is 0.386. The van der Waals surface area contributed by atoms with E-state index in [0.29, 0.717) is 5.69 Å². The largest absolute Gasteiger partial charge is 0.494 e. The molecule has 0 spiro atoms. The fourth-order valence-electron chi connectivity index (χ4n) is 1.59. The lowest BCUT2D eigenvalue weighted by Gasteiger charge is -2.06. The minimum Gasteiger partial charge on any atom is -0.494 e. The van der Waals surface area contributed by atoms with Crippen molar-refractivity contribution < 1.29 is 9.53 Å². The first-order valence-corrected chi connectivity index (χ1v) is 6.17. The van der Waals surface area contributed by atoms with Gasteiger partial charge in [-0.1, -0.05) is 38.7 Å². The van der Waals surface area contributed by atoms with Crippen LogP contribution in [0.2, 0.25) is 0 Å². The van der Waals surface area contributed by atoms with Gasteiger partial charge >= 0.3 is 0 Å². The molecule has 3 nitrogen and oxygen atoms in total. The van der Waals surface area contributed by atoms with Crippen LogP contribution in [0, 0.1) is 0 Å². The molecule has 0 radical (unpaired) electrons. The van der Waals surface area contributed by atoms with E-state index in [1.54, 1.807) is 12.1 Å². The van der Waals surface area contributed by atoms with Crippen molar-refractivity contribution in [3.8, 4) is 5.75 Å². The van der Waals surface area contributed by atoms with Crippen molar-refractivity contribution in [3.05, 3.63) is 24.3 Å². The van der Waals surface area contributed by atoms with Crippen LogP contribution in [-0.2, 0) is 4.79 Å². The summed E-state index contributed by atoms with van der Waals surface area (Å²) in [6, 6.07) is 7.19. The van der Waals surface area contributed by atoms with Crippen LogP contribution in [0.1, 0.15) is 39.0 Å². The number of hydrogen-bond acceptors (Lipinski definition) is 3. The van der Waals surface area contributed by atoms with E-state index in [1.807, 2.05) is 12.1 Å². The second-order valence-corrected chi connectivity index (χ2v) is 3.96. The summed E-state index contributed by atoms with van der Waals surface area (Å²) in [4.78, 5) is 13.7. The Hall–Kier alpha value is -1.60. The van der Waals surface area contributed by atoms with Gasteiger partial charge in [0.2, 0.25) is 6.08 Å². The zero-order chi connectivity index (χ0) is 12.3. The zero-order valence-corrected chi connectivity index (χ0v) is 10.3. The Kier molecular flexibility index (Phi) is 6.76. The predicted octanol–water partition coefficient (Wildman–Crippen LogP) is 4.00. The number of benzene rings is 1. The van der Waals surface area contributed by atoms with Crippen molar-refractivity contribution in [1.82, 2.24) is 0 Å². The first kappa shape index (κ1) is 13.5. The number of ether oxygens (including phenoxy) is 1. The van der Waals surface area contributed by atoms with Gasteiger partial charge in [-0.2, -0.15) is 4.99 Å². The van der Waals surface area contributed by atoms with Crippen LogP contribution in [0.3, 0.4) is 0 Å². The Bertz CT molecular complexity index is 370. The van der Waals surface area contributed by atoms with Crippen LogP contribution in [0.4, 0.5) is 5.69 Å². The minimum atomic E-state index is 0.587. The maximum absolute atomic E-state index is 10.1. The van der Waals surface area contributed by atoms with Crippen LogP contribution < -0.4 is 4.74 Å². The molecule has 1 rings (SSSR count). The van der Waals surface area contributed by atoms with Gasteiger partial charge in [-0.15, -0.1) is 0 Å². The highest BCUT2D eigenvalue weighted by molar-refractivity contribution is 5.51. The fourth-order valence-corrected chi connectivity index (χ4v) is 1.59. The molecule has 0 N–H and O–H groups in total. The molecular weight excluding hydrogens is 214 g/mol. The SMILES string of the molecule is CCCCCCCOc1cccc(N=C=O)c1. The highest BCUT2D eigenvalue weighted by Gasteiger charge is 1.96. The lowest BCUT2D eigenvalue weighted by Crippen LogP contribution is -1.96. The number of hydrogen-bond donors (Lipinski definition) is 0.